The summed E-state index contributed by atoms with van der Waals surface area (Å²) in [5.41, 5.74) is 0. The zero-order chi connectivity index (χ0) is 9.97. The topological polar surface area (TPSA) is 58.0 Å². The minimum atomic E-state index is -0.159. The largest absolute Gasteiger partial charge is 0.393 e. The van der Waals surface area contributed by atoms with Crippen LogP contribution in [0.3, 0.4) is 0 Å². The lowest BCUT2D eigenvalue weighted by atomic mass is 10.2. The van der Waals surface area contributed by atoms with Crippen molar-refractivity contribution in [2.45, 2.75) is 31.4 Å². The first kappa shape index (κ1) is 9.86. The van der Waals surface area contributed by atoms with Gasteiger partial charge in [0.2, 0.25) is 0 Å². The predicted octanol–water partition coefficient (Wildman–Crippen LogP) is 1.56. The quantitative estimate of drug-likeness (QED) is 0.845. The van der Waals surface area contributed by atoms with E-state index in [0.29, 0.717) is 6.04 Å². The summed E-state index contributed by atoms with van der Waals surface area (Å²) in [4.78, 5) is 8.00. The third-order valence-corrected chi connectivity index (χ3v) is 2.99. The number of aliphatic hydroxyl groups is 1. The number of halogens is 1. The molecule has 1 heterocycles. The molecule has 4 nitrogen and oxygen atoms in total. The Morgan fingerprint density at radius 2 is 2.36 bits per heavy atom. The Labute approximate surface area is 90.9 Å². The highest BCUT2D eigenvalue weighted by Crippen LogP contribution is 2.25. The van der Waals surface area contributed by atoms with Crippen molar-refractivity contribution in [1.82, 2.24) is 9.97 Å². The van der Waals surface area contributed by atoms with Gasteiger partial charge in [-0.3, -0.25) is 0 Å². The third kappa shape index (κ3) is 2.22. The Morgan fingerprint density at radius 3 is 3.00 bits per heavy atom. The van der Waals surface area contributed by atoms with Crippen LogP contribution in [0.2, 0.25) is 0 Å². The second-order valence-corrected chi connectivity index (χ2v) is 4.38. The molecule has 14 heavy (non-hydrogen) atoms. The molecule has 1 aromatic heterocycles. The molecule has 0 saturated heterocycles. The molecule has 2 atom stereocenters. The first-order valence-electron chi connectivity index (χ1n) is 4.66. The van der Waals surface area contributed by atoms with Crippen LogP contribution in [0.15, 0.2) is 17.0 Å². The maximum Gasteiger partial charge on any atom is 0.143 e. The number of rotatable bonds is 2. The van der Waals surface area contributed by atoms with Gasteiger partial charge in [-0.05, 0) is 35.2 Å². The smallest absolute Gasteiger partial charge is 0.143 e. The summed E-state index contributed by atoms with van der Waals surface area (Å²) in [5.74, 6) is 0.805. The summed E-state index contributed by atoms with van der Waals surface area (Å²) in [6.07, 6.45) is 5.74. The van der Waals surface area contributed by atoms with Gasteiger partial charge in [-0.15, -0.1) is 0 Å². The molecule has 5 heteroatoms. The molecular weight excluding hydrogens is 246 g/mol. The predicted molar refractivity (Wildman–Crippen MR) is 57.0 cm³/mol. The molecule has 1 aromatic rings. The second kappa shape index (κ2) is 4.23. The van der Waals surface area contributed by atoms with Crippen LogP contribution in [-0.2, 0) is 0 Å². The molecule has 0 bridgehead atoms. The lowest BCUT2D eigenvalue weighted by Gasteiger charge is -2.13. The second-order valence-electron chi connectivity index (χ2n) is 3.53. The van der Waals surface area contributed by atoms with E-state index in [9.17, 15) is 5.11 Å². The zero-order valence-electron chi connectivity index (χ0n) is 7.65. The van der Waals surface area contributed by atoms with Crippen molar-refractivity contribution >= 4 is 21.7 Å². The maximum atomic E-state index is 9.36. The van der Waals surface area contributed by atoms with Gasteiger partial charge in [0.25, 0.3) is 0 Å². The van der Waals surface area contributed by atoms with Crippen LogP contribution in [0.25, 0.3) is 0 Å². The molecule has 1 saturated carbocycles. The molecule has 0 radical (unpaired) electrons. The highest BCUT2D eigenvalue weighted by atomic mass is 79.9. The number of nitrogens with zero attached hydrogens (tertiary/aromatic N) is 2. The molecule has 0 aromatic carbocycles. The Balaban J connectivity index is 2.01. The highest BCUT2D eigenvalue weighted by Gasteiger charge is 2.23. The van der Waals surface area contributed by atoms with Crippen LogP contribution in [0.4, 0.5) is 5.82 Å². The Hall–Kier alpha value is -0.680. The van der Waals surface area contributed by atoms with Crippen molar-refractivity contribution in [1.29, 1.82) is 0 Å². The van der Waals surface area contributed by atoms with Gasteiger partial charge in [-0.25, -0.2) is 9.97 Å². The number of hydrogen-bond acceptors (Lipinski definition) is 4. The van der Waals surface area contributed by atoms with Gasteiger partial charge in [0.15, 0.2) is 0 Å². The fourth-order valence-electron chi connectivity index (χ4n) is 1.70. The van der Waals surface area contributed by atoms with E-state index in [2.05, 4.69) is 31.2 Å². The maximum absolute atomic E-state index is 9.36. The number of aliphatic hydroxyl groups excluding tert-OH is 1. The van der Waals surface area contributed by atoms with Gasteiger partial charge < -0.3 is 10.4 Å². The Morgan fingerprint density at radius 1 is 1.50 bits per heavy atom. The molecule has 1 aliphatic rings. The first-order chi connectivity index (χ1) is 6.75. The lowest BCUT2D eigenvalue weighted by molar-refractivity contribution is 0.182. The van der Waals surface area contributed by atoms with Gasteiger partial charge in [-0.2, -0.15) is 0 Å². The van der Waals surface area contributed by atoms with Crippen molar-refractivity contribution in [3.05, 3.63) is 17.0 Å². The molecule has 0 aliphatic heterocycles. The van der Waals surface area contributed by atoms with E-state index in [-0.39, 0.29) is 6.10 Å². The summed E-state index contributed by atoms with van der Waals surface area (Å²) in [5, 5.41) is 12.6. The van der Waals surface area contributed by atoms with Crippen LogP contribution in [-0.4, -0.2) is 27.2 Å². The highest BCUT2D eigenvalue weighted by molar-refractivity contribution is 9.10. The average Bonchev–Trinajstić information content (AvgIpc) is 2.56. The monoisotopic (exact) mass is 257 g/mol. The molecular formula is C9H12BrN3O. The van der Waals surface area contributed by atoms with E-state index < -0.39 is 0 Å². The van der Waals surface area contributed by atoms with Crippen molar-refractivity contribution in [3.8, 4) is 0 Å². The van der Waals surface area contributed by atoms with Crippen LogP contribution in [0, 0.1) is 0 Å². The standard InChI is InChI=1S/C9H12BrN3O/c10-8-4-11-5-12-9(8)13-6-1-2-7(14)3-6/h4-7,14H,1-3H2,(H,11,12,13)/t6-,7+/m0/s1. The molecule has 76 valence electrons. The third-order valence-electron chi connectivity index (χ3n) is 2.41. The molecule has 2 N–H and O–H groups in total. The molecule has 2 rings (SSSR count). The fourth-order valence-corrected chi connectivity index (χ4v) is 2.04. The van der Waals surface area contributed by atoms with Crippen molar-refractivity contribution in [2.24, 2.45) is 0 Å². The number of aromatic nitrogens is 2. The minimum Gasteiger partial charge on any atom is -0.393 e. The van der Waals surface area contributed by atoms with Gasteiger partial charge >= 0.3 is 0 Å². The van der Waals surface area contributed by atoms with E-state index in [1.54, 1.807) is 6.20 Å². The van der Waals surface area contributed by atoms with E-state index in [1.807, 2.05) is 0 Å². The van der Waals surface area contributed by atoms with Crippen molar-refractivity contribution in [2.75, 3.05) is 5.32 Å². The summed E-state index contributed by atoms with van der Waals surface area (Å²) in [6, 6.07) is 0.330. The van der Waals surface area contributed by atoms with E-state index in [1.165, 1.54) is 6.33 Å². The van der Waals surface area contributed by atoms with Gasteiger partial charge in [0.05, 0.1) is 10.6 Å². The van der Waals surface area contributed by atoms with Crippen molar-refractivity contribution in [3.63, 3.8) is 0 Å². The van der Waals surface area contributed by atoms with Crippen LogP contribution >= 0.6 is 15.9 Å². The fraction of sp³-hybridized carbons (Fsp3) is 0.556. The Kier molecular flexibility index (Phi) is 2.98. The Bertz CT molecular complexity index is 321. The minimum absolute atomic E-state index is 0.159. The van der Waals surface area contributed by atoms with Gasteiger partial charge in [0.1, 0.15) is 12.1 Å². The first-order valence-corrected chi connectivity index (χ1v) is 5.45. The number of hydrogen-bond donors (Lipinski definition) is 2. The number of anilines is 1. The molecule has 0 spiro atoms. The zero-order valence-corrected chi connectivity index (χ0v) is 9.24. The summed E-state index contributed by atoms with van der Waals surface area (Å²) < 4.78 is 0.862. The summed E-state index contributed by atoms with van der Waals surface area (Å²) >= 11 is 3.37. The molecule has 0 amide bonds. The van der Waals surface area contributed by atoms with Crippen molar-refractivity contribution < 1.29 is 5.11 Å². The van der Waals surface area contributed by atoms with Gasteiger partial charge in [-0.1, -0.05) is 0 Å². The number of nitrogens with one attached hydrogen (secondary N) is 1. The van der Waals surface area contributed by atoms with Crippen LogP contribution < -0.4 is 5.32 Å². The summed E-state index contributed by atoms with van der Waals surface area (Å²) in [6.45, 7) is 0. The average molecular weight is 258 g/mol. The summed E-state index contributed by atoms with van der Waals surface area (Å²) in [7, 11) is 0. The molecule has 1 fully saturated rings. The molecule has 0 unspecified atom stereocenters. The van der Waals surface area contributed by atoms with Crippen LogP contribution in [0.5, 0.6) is 0 Å². The van der Waals surface area contributed by atoms with E-state index >= 15 is 0 Å². The van der Waals surface area contributed by atoms with E-state index in [4.69, 9.17) is 0 Å². The normalized spacial score (nSPS) is 26.4. The molecule has 1 aliphatic carbocycles. The lowest BCUT2D eigenvalue weighted by Crippen LogP contribution is -2.17. The van der Waals surface area contributed by atoms with E-state index in [0.717, 1.165) is 29.6 Å². The SMILES string of the molecule is O[C@@H]1CC[C@H](Nc2ncncc2Br)C1. The van der Waals surface area contributed by atoms with Gasteiger partial charge in [0, 0.05) is 12.2 Å². The van der Waals surface area contributed by atoms with Crippen LogP contribution in [0.1, 0.15) is 19.3 Å².